The van der Waals surface area contributed by atoms with Crippen LogP contribution < -0.4 is 4.84 Å². The number of carbonyl (C=O) groups excluding carboxylic acids is 1. The number of rotatable bonds is 6. The molecule has 3 aromatic rings. The Hall–Kier alpha value is -3.94. The summed E-state index contributed by atoms with van der Waals surface area (Å²) in [6.45, 7) is 0. The molecule has 0 aliphatic heterocycles. The van der Waals surface area contributed by atoms with E-state index in [1.54, 1.807) is 30.3 Å². The molecule has 144 valence electrons. The SMILES string of the molecule is O=C(CCc1ccc(O)c(C=Nc2ccccc2O)c1)On1c(O)ccc1O. The van der Waals surface area contributed by atoms with Crippen molar-refractivity contribution >= 4 is 17.9 Å². The van der Waals surface area contributed by atoms with E-state index in [0.29, 0.717) is 22.4 Å². The second kappa shape index (κ2) is 8.17. The smallest absolute Gasteiger partial charge is 0.333 e. The average molecular weight is 382 g/mol. The quantitative estimate of drug-likeness (QED) is 0.486. The monoisotopic (exact) mass is 382 g/mol. The minimum atomic E-state index is -0.653. The lowest BCUT2D eigenvalue weighted by Gasteiger charge is -2.07. The highest BCUT2D eigenvalue weighted by atomic mass is 16.7. The molecule has 0 fully saturated rings. The first-order valence-electron chi connectivity index (χ1n) is 8.39. The van der Waals surface area contributed by atoms with Gasteiger partial charge in [-0.15, -0.1) is 4.73 Å². The van der Waals surface area contributed by atoms with Crippen LogP contribution in [0.1, 0.15) is 17.5 Å². The lowest BCUT2D eigenvalue weighted by molar-refractivity contribution is -0.145. The fraction of sp³-hybridized carbons (Fsp3) is 0.100. The van der Waals surface area contributed by atoms with Gasteiger partial charge >= 0.3 is 5.97 Å². The third-order valence-electron chi connectivity index (χ3n) is 3.92. The van der Waals surface area contributed by atoms with Crippen molar-refractivity contribution < 1.29 is 30.1 Å². The molecule has 1 heterocycles. The van der Waals surface area contributed by atoms with E-state index in [0.717, 1.165) is 5.56 Å². The summed E-state index contributed by atoms with van der Waals surface area (Å²) in [7, 11) is 0. The number of hydrogen-bond donors (Lipinski definition) is 4. The van der Waals surface area contributed by atoms with E-state index in [1.807, 2.05) is 0 Å². The topological polar surface area (TPSA) is 125 Å². The van der Waals surface area contributed by atoms with Crippen LogP contribution in [0.25, 0.3) is 0 Å². The van der Waals surface area contributed by atoms with Gasteiger partial charge < -0.3 is 25.3 Å². The number of aryl methyl sites for hydroxylation is 1. The Kier molecular flexibility index (Phi) is 5.50. The summed E-state index contributed by atoms with van der Waals surface area (Å²) in [5, 5.41) is 38.7. The van der Waals surface area contributed by atoms with Gasteiger partial charge in [0, 0.05) is 23.9 Å². The number of hydrogen-bond acceptors (Lipinski definition) is 7. The summed E-state index contributed by atoms with van der Waals surface area (Å²) in [6.07, 6.45) is 1.71. The molecule has 0 amide bonds. The maximum absolute atomic E-state index is 11.9. The number of aromatic hydroxyl groups is 4. The number of aromatic nitrogens is 1. The summed E-state index contributed by atoms with van der Waals surface area (Å²) < 4.78 is 0.629. The molecule has 0 saturated heterocycles. The van der Waals surface area contributed by atoms with E-state index in [4.69, 9.17) is 4.84 Å². The van der Waals surface area contributed by atoms with Crippen LogP contribution in [-0.2, 0) is 11.2 Å². The van der Waals surface area contributed by atoms with Gasteiger partial charge in [0.25, 0.3) is 0 Å². The molecule has 0 atom stereocenters. The van der Waals surface area contributed by atoms with Crippen molar-refractivity contribution in [3.63, 3.8) is 0 Å². The third-order valence-corrected chi connectivity index (χ3v) is 3.92. The van der Waals surface area contributed by atoms with E-state index in [2.05, 4.69) is 4.99 Å². The third kappa shape index (κ3) is 4.42. The largest absolute Gasteiger partial charge is 0.507 e. The van der Waals surface area contributed by atoms with Crippen molar-refractivity contribution in [2.75, 3.05) is 0 Å². The normalized spacial score (nSPS) is 11.0. The molecule has 3 rings (SSSR count). The fourth-order valence-corrected chi connectivity index (χ4v) is 2.46. The zero-order valence-electron chi connectivity index (χ0n) is 14.7. The van der Waals surface area contributed by atoms with E-state index in [1.165, 1.54) is 30.5 Å². The predicted octanol–water partition coefficient (Wildman–Crippen LogP) is 2.65. The molecular weight excluding hydrogens is 364 g/mol. The second-order valence-electron chi connectivity index (χ2n) is 5.95. The van der Waals surface area contributed by atoms with Crippen molar-refractivity contribution in [1.29, 1.82) is 0 Å². The Labute approximate surface area is 160 Å². The zero-order valence-corrected chi connectivity index (χ0v) is 14.7. The first kappa shape index (κ1) is 18.8. The Morgan fingerprint density at radius 1 is 0.964 bits per heavy atom. The number of aliphatic imine (C=N–C) groups is 1. The highest BCUT2D eigenvalue weighted by Crippen LogP contribution is 2.26. The Bertz CT molecular complexity index is 1010. The van der Waals surface area contributed by atoms with E-state index in [-0.39, 0.29) is 17.9 Å². The lowest BCUT2D eigenvalue weighted by atomic mass is 10.1. The number of carbonyl (C=O) groups is 1. The van der Waals surface area contributed by atoms with Gasteiger partial charge in [-0.3, -0.25) is 4.99 Å². The maximum Gasteiger partial charge on any atom is 0.333 e. The van der Waals surface area contributed by atoms with E-state index in [9.17, 15) is 25.2 Å². The van der Waals surface area contributed by atoms with Crippen LogP contribution in [0.2, 0.25) is 0 Å². The lowest BCUT2D eigenvalue weighted by Crippen LogP contribution is -2.19. The Morgan fingerprint density at radius 2 is 1.68 bits per heavy atom. The van der Waals surface area contributed by atoms with Crippen molar-refractivity contribution in [2.45, 2.75) is 12.8 Å². The van der Waals surface area contributed by atoms with Gasteiger partial charge in [0.05, 0.1) is 6.42 Å². The van der Waals surface area contributed by atoms with Crippen molar-refractivity contribution in [2.24, 2.45) is 4.99 Å². The van der Waals surface area contributed by atoms with Gasteiger partial charge in [0.2, 0.25) is 11.8 Å². The maximum atomic E-state index is 11.9. The Balaban J connectivity index is 1.66. The predicted molar refractivity (Wildman–Crippen MR) is 101 cm³/mol. The first-order chi connectivity index (χ1) is 13.4. The molecule has 0 unspecified atom stereocenters. The van der Waals surface area contributed by atoms with Gasteiger partial charge in [-0.2, -0.15) is 0 Å². The van der Waals surface area contributed by atoms with Crippen LogP contribution in [0.5, 0.6) is 23.3 Å². The summed E-state index contributed by atoms with van der Waals surface area (Å²) in [6, 6.07) is 13.7. The summed E-state index contributed by atoms with van der Waals surface area (Å²) >= 11 is 0. The molecule has 8 heteroatoms. The zero-order chi connectivity index (χ0) is 20.1. The standard InChI is InChI=1S/C20H18N2O6/c23-16-7-5-13(6-10-20(27)28-22-18(25)8-9-19(22)26)11-14(16)12-21-15-3-1-2-4-17(15)24/h1-5,7-9,11-12,23-26H,6,10H2. The van der Waals surface area contributed by atoms with Crippen molar-refractivity contribution in [1.82, 2.24) is 4.73 Å². The van der Waals surface area contributed by atoms with Crippen LogP contribution in [0.4, 0.5) is 5.69 Å². The van der Waals surface area contributed by atoms with Crippen LogP contribution in [-0.4, -0.2) is 37.3 Å². The minimum absolute atomic E-state index is 0.00711. The molecule has 0 aliphatic rings. The van der Waals surface area contributed by atoms with Crippen LogP contribution in [0, 0.1) is 0 Å². The van der Waals surface area contributed by atoms with E-state index >= 15 is 0 Å². The number of phenols is 2. The minimum Gasteiger partial charge on any atom is -0.507 e. The first-order valence-corrected chi connectivity index (χ1v) is 8.39. The van der Waals surface area contributed by atoms with Crippen LogP contribution >= 0.6 is 0 Å². The molecule has 28 heavy (non-hydrogen) atoms. The highest BCUT2D eigenvalue weighted by molar-refractivity contribution is 5.86. The second-order valence-corrected chi connectivity index (χ2v) is 5.95. The van der Waals surface area contributed by atoms with Gasteiger partial charge in [0.15, 0.2) is 0 Å². The van der Waals surface area contributed by atoms with Gasteiger partial charge in [-0.05, 0) is 36.2 Å². The molecule has 0 aliphatic carbocycles. The van der Waals surface area contributed by atoms with Gasteiger partial charge in [0.1, 0.15) is 17.2 Å². The molecule has 4 N–H and O–H groups in total. The molecule has 0 radical (unpaired) electrons. The molecule has 8 nitrogen and oxygen atoms in total. The Morgan fingerprint density at radius 3 is 2.39 bits per heavy atom. The fourth-order valence-electron chi connectivity index (χ4n) is 2.46. The average Bonchev–Trinajstić information content (AvgIpc) is 2.99. The summed E-state index contributed by atoms with van der Waals surface area (Å²) in [5.41, 5.74) is 1.53. The molecular formula is C20H18N2O6. The molecule has 1 aromatic heterocycles. The summed E-state index contributed by atoms with van der Waals surface area (Å²) in [4.78, 5) is 21.0. The van der Waals surface area contributed by atoms with Crippen molar-refractivity contribution in [3.8, 4) is 23.3 Å². The number of benzene rings is 2. The molecule has 0 saturated carbocycles. The van der Waals surface area contributed by atoms with Crippen LogP contribution in [0.3, 0.4) is 0 Å². The molecule has 2 aromatic carbocycles. The number of para-hydroxylation sites is 2. The van der Waals surface area contributed by atoms with Gasteiger partial charge in [-0.1, -0.05) is 18.2 Å². The summed E-state index contributed by atoms with van der Waals surface area (Å²) in [5.74, 6) is -1.41. The van der Waals surface area contributed by atoms with Gasteiger partial charge in [-0.25, -0.2) is 4.79 Å². The number of nitrogens with zero attached hydrogens (tertiary/aromatic N) is 2. The molecule has 0 bridgehead atoms. The number of phenolic OH excluding ortho intramolecular Hbond substituents is 2. The molecule has 0 spiro atoms. The van der Waals surface area contributed by atoms with E-state index < -0.39 is 17.7 Å². The van der Waals surface area contributed by atoms with Crippen molar-refractivity contribution in [3.05, 3.63) is 65.7 Å². The van der Waals surface area contributed by atoms with Crippen LogP contribution in [0.15, 0.2) is 59.6 Å². The highest BCUT2D eigenvalue weighted by Gasteiger charge is 2.12.